The van der Waals surface area contributed by atoms with Crippen molar-refractivity contribution in [3.05, 3.63) is 0 Å². The molecule has 0 radical (unpaired) electrons. The highest BCUT2D eigenvalue weighted by Crippen LogP contribution is 2.45. The SMILES string of the molecule is CCC(C)CCCCCCCCCCCCCCCCCCCCC(=O)OC[C@H](COP(=O)(O)OCC(O)COP(=O)(O)OC[C@@H](COC(=O)CCCCCCCCCC(C)C)OC(=O)CCCCCCCCCCCCCCCCCCC(C)C)OC(=O)CCCCCCCCC(C)CC. The van der Waals surface area contributed by atoms with Gasteiger partial charge < -0.3 is 33.8 Å². The molecule has 0 rings (SSSR count). The molecule has 0 saturated heterocycles. The van der Waals surface area contributed by atoms with Crippen LogP contribution >= 0.6 is 15.6 Å². The number of hydrogen-bond acceptors (Lipinski definition) is 15. The molecule has 7 atom stereocenters. The number of phosphoric acid groups is 2. The van der Waals surface area contributed by atoms with E-state index >= 15 is 0 Å². The topological polar surface area (TPSA) is 237 Å². The number of rotatable bonds is 79. The van der Waals surface area contributed by atoms with Crippen LogP contribution in [-0.4, -0.2) is 96.7 Å². The molecule has 5 unspecified atom stereocenters. The van der Waals surface area contributed by atoms with E-state index in [2.05, 4.69) is 55.4 Å². The number of hydrogen-bond donors (Lipinski definition) is 3. The Morgan fingerprint density at radius 1 is 0.277 bits per heavy atom. The molecule has 0 aromatic carbocycles. The van der Waals surface area contributed by atoms with E-state index in [0.29, 0.717) is 31.6 Å². The van der Waals surface area contributed by atoms with E-state index in [1.807, 2.05) is 0 Å². The second-order valence-electron chi connectivity index (χ2n) is 31.0. The number of ether oxygens (including phenoxy) is 4. The smallest absolute Gasteiger partial charge is 0.462 e. The van der Waals surface area contributed by atoms with Gasteiger partial charge in [-0.2, -0.15) is 0 Å². The van der Waals surface area contributed by atoms with Gasteiger partial charge in [-0.05, 0) is 49.4 Å². The predicted octanol–water partition coefficient (Wildman–Crippen LogP) is 24.4. The Bertz CT molecular complexity index is 1980. The number of unbranched alkanes of at least 4 members (excludes halogenated alkanes) is 43. The van der Waals surface area contributed by atoms with Gasteiger partial charge in [-0.25, -0.2) is 9.13 Å². The maximum Gasteiger partial charge on any atom is 0.472 e. The van der Waals surface area contributed by atoms with E-state index in [9.17, 15) is 43.2 Å². The summed E-state index contributed by atoms with van der Waals surface area (Å²) in [6, 6.07) is 0. The van der Waals surface area contributed by atoms with Gasteiger partial charge in [-0.15, -0.1) is 0 Å². The van der Waals surface area contributed by atoms with Crippen LogP contribution in [0.5, 0.6) is 0 Å². The lowest BCUT2D eigenvalue weighted by atomic mass is 9.99. The molecule has 0 aromatic heterocycles. The van der Waals surface area contributed by atoms with Crippen molar-refractivity contribution in [3.63, 3.8) is 0 Å². The first-order valence-corrected chi connectivity index (χ1v) is 45.3. The third-order valence-corrected chi connectivity index (χ3v) is 21.7. The van der Waals surface area contributed by atoms with Crippen molar-refractivity contribution < 1.29 is 80.2 Å². The Morgan fingerprint density at radius 2 is 0.475 bits per heavy atom. The summed E-state index contributed by atoms with van der Waals surface area (Å²) in [5, 5.41) is 10.6. The molecule has 0 aliphatic carbocycles. The molecule has 0 aliphatic rings. The number of carbonyl (C=O) groups excluding carboxylic acids is 4. The molecule has 0 spiro atoms. The number of aliphatic hydroxyl groups excluding tert-OH is 1. The summed E-state index contributed by atoms with van der Waals surface area (Å²) in [7, 11) is -9.92. The summed E-state index contributed by atoms with van der Waals surface area (Å²) in [6.07, 6.45) is 58.6. The van der Waals surface area contributed by atoms with Crippen LogP contribution in [0.4, 0.5) is 0 Å². The van der Waals surface area contributed by atoms with Gasteiger partial charge in [0, 0.05) is 25.7 Å². The maximum absolute atomic E-state index is 13.1. The Labute approximate surface area is 619 Å². The lowest BCUT2D eigenvalue weighted by molar-refractivity contribution is -0.161. The first kappa shape index (κ1) is 99.1. The Balaban J connectivity index is 5.12. The van der Waals surface area contributed by atoms with Gasteiger partial charge in [-0.1, -0.05) is 370 Å². The molecule has 0 aromatic rings. The first-order chi connectivity index (χ1) is 48.7. The third kappa shape index (κ3) is 73.4. The molecule has 0 bridgehead atoms. The number of carbonyl (C=O) groups is 4. The number of esters is 4. The normalized spacial score (nSPS) is 14.5. The Morgan fingerprint density at radius 3 is 0.703 bits per heavy atom. The van der Waals surface area contributed by atoms with Crippen molar-refractivity contribution in [2.45, 2.75) is 440 Å². The maximum atomic E-state index is 13.1. The van der Waals surface area contributed by atoms with Crippen molar-refractivity contribution in [1.29, 1.82) is 0 Å². The molecule has 0 amide bonds. The summed E-state index contributed by atoms with van der Waals surface area (Å²) in [5.74, 6) is 0.990. The van der Waals surface area contributed by atoms with E-state index in [0.717, 1.165) is 114 Å². The van der Waals surface area contributed by atoms with Crippen LogP contribution < -0.4 is 0 Å². The van der Waals surface area contributed by atoms with Crippen LogP contribution in [0.1, 0.15) is 421 Å². The summed E-state index contributed by atoms with van der Waals surface area (Å²) in [5.41, 5.74) is 0. The van der Waals surface area contributed by atoms with Gasteiger partial charge in [-0.3, -0.25) is 37.3 Å². The summed E-state index contributed by atoms with van der Waals surface area (Å²) in [6.45, 7) is 14.2. The summed E-state index contributed by atoms with van der Waals surface area (Å²) in [4.78, 5) is 72.9. The molecule has 3 N–H and O–H groups in total. The minimum absolute atomic E-state index is 0.103. The average Bonchev–Trinajstić information content (AvgIpc) is 0.927. The lowest BCUT2D eigenvalue weighted by Crippen LogP contribution is -2.30. The molecule has 19 heteroatoms. The van der Waals surface area contributed by atoms with Crippen molar-refractivity contribution >= 4 is 39.5 Å². The molecule has 0 aliphatic heterocycles. The van der Waals surface area contributed by atoms with Gasteiger partial charge in [0.2, 0.25) is 0 Å². The zero-order chi connectivity index (χ0) is 74.6. The quantitative estimate of drug-likeness (QED) is 0.0222. The van der Waals surface area contributed by atoms with Crippen LogP contribution in [-0.2, 0) is 65.4 Å². The molecule has 0 heterocycles. The molecular formula is C82H160O17P2. The fourth-order valence-corrected chi connectivity index (χ4v) is 14.1. The van der Waals surface area contributed by atoms with Gasteiger partial charge in [0.1, 0.15) is 19.3 Å². The summed E-state index contributed by atoms with van der Waals surface area (Å²) < 4.78 is 68.6. The minimum atomic E-state index is -4.96. The summed E-state index contributed by atoms with van der Waals surface area (Å²) >= 11 is 0. The fraction of sp³-hybridized carbons (Fsp3) is 0.951. The molecule has 101 heavy (non-hydrogen) atoms. The zero-order valence-corrected chi connectivity index (χ0v) is 68.3. The van der Waals surface area contributed by atoms with E-state index in [-0.39, 0.29) is 25.7 Å². The van der Waals surface area contributed by atoms with Gasteiger partial charge >= 0.3 is 39.5 Å². The standard InChI is InChI=1S/C82H160O17P2/c1-9-74(7)60-52-44-36-30-26-22-18-13-11-12-14-19-23-27-31-37-46-54-62-79(84)92-69-78(99-82(87)65-57-49-41-40-45-53-61-75(8)10-2)71-97-101(90,91)95-67-76(83)66-94-100(88,89)96-70-77(68-93-80(85)63-55-47-39-33-35-43-51-59-73(5)6)98-81(86)64-56-48-38-32-28-24-20-16-15-17-21-25-29-34-42-50-58-72(3)4/h72-78,83H,9-71H2,1-8H3,(H,88,89)(H,90,91)/t74?,75?,76?,77-,78-/m1/s1. The van der Waals surface area contributed by atoms with Crippen molar-refractivity contribution in [2.24, 2.45) is 23.7 Å². The average molecular weight is 1480 g/mol. The van der Waals surface area contributed by atoms with E-state index < -0.39 is 97.5 Å². The molecule has 0 saturated carbocycles. The van der Waals surface area contributed by atoms with Crippen LogP contribution in [0, 0.1) is 23.7 Å². The highest BCUT2D eigenvalue weighted by atomic mass is 31.2. The highest BCUT2D eigenvalue weighted by molar-refractivity contribution is 7.47. The minimum Gasteiger partial charge on any atom is -0.462 e. The second-order valence-corrected chi connectivity index (χ2v) is 33.9. The van der Waals surface area contributed by atoms with Gasteiger partial charge in [0.25, 0.3) is 0 Å². The third-order valence-electron chi connectivity index (χ3n) is 19.8. The van der Waals surface area contributed by atoms with E-state index in [4.69, 9.17) is 37.0 Å². The van der Waals surface area contributed by atoms with Crippen molar-refractivity contribution in [2.75, 3.05) is 39.6 Å². The Hall–Kier alpha value is -1.94. The van der Waals surface area contributed by atoms with Crippen LogP contribution in [0.25, 0.3) is 0 Å². The molecule has 0 fully saturated rings. The van der Waals surface area contributed by atoms with Crippen LogP contribution in [0.3, 0.4) is 0 Å². The predicted molar refractivity (Wildman–Crippen MR) is 414 cm³/mol. The van der Waals surface area contributed by atoms with E-state index in [1.165, 1.54) is 218 Å². The second kappa shape index (κ2) is 71.0. The van der Waals surface area contributed by atoms with Crippen molar-refractivity contribution in [1.82, 2.24) is 0 Å². The fourth-order valence-electron chi connectivity index (χ4n) is 12.5. The largest absolute Gasteiger partial charge is 0.472 e. The number of aliphatic hydroxyl groups is 1. The van der Waals surface area contributed by atoms with Gasteiger partial charge in [0.05, 0.1) is 26.4 Å². The monoisotopic (exact) mass is 1480 g/mol. The van der Waals surface area contributed by atoms with E-state index in [1.54, 1.807) is 0 Å². The molecular weight excluding hydrogens is 1320 g/mol. The Kier molecular flexibility index (Phi) is 69.6. The highest BCUT2D eigenvalue weighted by Gasteiger charge is 2.30. The van der Waals surface area contributed by atoms with Crippen LogP contribution in [0.15, 0.2) is 0 Å². The van der Waals surface area contributed by atoms with Gasteiger partial charge in [0.15, 0.2) is 12.2 Å². The first-order valence-electron chi connectivity index (χ1n) is 42.3. The lowest BCUT2D eigenvalue weighted by Gasteiger charge is -2.21. The number of phosphoric ester groups is 2. The molecule has 600 valence electrons. The molecule has 17 nitrogen and oxygen atoms in total. The zero-order valence-electron chi connectivity index (χ0n) is 66.5. The van der Waals surface area contributed by atoms with Crippen molar-refractivity contribution in [3.8, 4) is 0 Å². The van der Waals surface area contributed by atoms with Crippen LogP contribution in [0.2, 0.25) is 0 Å².